The Morgan fingerprint density at radius 2 is 1.71 bits per heavy atom. The SMILES string of the molecule is CN1CCC[C@H](O)[C@@H]1[C@H](c1ccccc1)C1CCCCC1. The first-order chi connectivity index (χ1) is 10.3. The minimum Gasteiger partial charge on any atom is -0.391 e. The van der Waals surface area contributed by atoms with Gasteiger partial charge in [-0.05, 0) is 50.8 Å². The van der Waals surface area contributed by atoms with Crippen molar-refractivity contribution >= 4 is 0 Å². The van der Waals surface area contributed by atoms with Crippen LogP contribution in [0.4, 0.5) is 0 Å². The molecule has 2 fully saturated rings. The summed E-state index contributed by atoms with van der Waals surface area (Å²) in [7, 11) is 2.20. The number of aliphatic hydroxyl groups excluding tert-OH is 1. The van der Waals surface area contributed by atoms with Crippen molar-refractivity contribution in [1.82, 2.24) is 4.90 Å². The van der Waals surface area contributed by atoms with Gasteiger partial charge in [0, 0.05) is 12.0 Å². The number of likely N-dealkylation sites (N-methyl/N-ethyl adjacent to an activating group) is 1. The number of hydrogen-bond acceptors (Lipinski definition) is 2. The standard InChI is InChI=1S/C19H29NO/c1-20-14-8-13-17(21)19(20)18(15-9-4-2-5-10-15)16-11-6-3-7-12-16/h2,4-5,9-10,16-19,21H,3,6-8,11-14H2,1H3/t17-,18+,19+/m0/s1. The Kier molecular flexibility index (Phi) is 4.97. The Bertz CT molecular complexity index is 416. The first-order valence-corrected chi connectivity index (χ1v) is 8.70. The predicted octanol–water partition coefficient (Wildman–Crippen LogP) is 3.81. The molecule has 0 amide bonds. The molecule has 2 heteroatoms. The van der Waals surface area contributed by atoms with Crippen molar-refractivity contribution in [2.75, 3.05) is 13.6 Å². The van der Waals surface area contributed by atoms with E-state index in [9.17, 15) is 5.11 Å². The van der Waals surface area contributed by atoms with E-state index in [1.807, 2.05) is 0 Å². The highest BCUT2D eigenvalue weighted by molar-refractivity contribution is 5.23. The lowest BCUT2D eigenvalue weighted by molar-refractivity contribution is -0.00316. The zero-order chi connectivity index (χ0) is 14.7. The number of hydrogen-bond donors (Lipinski definition) is 1. The number of aliphatic hydroxyl groups is 1. The van der Waals surface area contributed by atoms with Crippen molar-refractivity contribution in [2.24, 2.45) is 5.92 Å². The van der Waals surface area contributed by atoms with Gasteiger partial charge in [0.15, 0.2) is 0 Å². The molecule has 1 aliphatic heterocycles. The first kappa shape index (κ1) is 15.1. The van der Waals surface area contributed by atoms with E-state index in [-0.39, 0.29) is 6.10 Å². The van der Waals surface area contributed by atoms with Crippen LogP contribution in [0, 0.1) is 5.92 Å². The summed E-state index contributed by atoms with van der Waals surface area (Å²) in [5.74, 6) is 1.23. The van der Waals surface area contributed by atoms with E-state index < -0.39 is 0 Å². The third kappa shape index (κ3) is 3.32. The number of nitrogens with zero attached hydrogens (tertiary/aromatic N) is 1. The maximum atomic E-state index is 10.7. The van der Waals surface area contributed by atoms with Gasteiger partial charge in [-0.25, -0.2) is 0 Å². The van der Waals surface area contributed by atoms with Gasteiger partial charge in [-0.2, -0.15) is 0 Å². The average molecular weight is 287 g/mol. The highest BCUT2D eigenvalue weighted by Gasteiger charge is 2.39. The summed E-state index contributed by atoms with van der Waals surface area (Å²) in [4.78, 5) is 2.42. The normalized spacial score (nSPS) is 30.2. The van der Waals surface area contributed by atoms with Crippen LogP contribution in [0.1, 0.15) is 56.4 Å². The molecule has 3 atom stereocenters. The molecular weight excluding hydrogens is 258 g/mol. The number of benzene rings is 1. The Labute approximate surface area is 129 Å². The molecule has 1 N–H and O–H groups in total. The second-order valence-corrected chi connectivity index (χ2v) is 7.02. The van der Waals surface area contributed by atoms with Gasteiger partial charge in [0.1, 0.15) is 0 Å². The molecule has 2 nitrogen and oxygen atoms in total. The van der Waals surface area contributed by atoms with E-state index in [4.69, 9.17) is 0 Å². The summed E-state index contributed by atoms with van der Waals surface area (Å²) in [6, 6.07) is 11.2. The molecule has 1 aromatic carbocycles. The minimum atomic E-state index is -0.170. The van der Waals surface area contributed by atoms with Crippen molar-refractivity contribution in [1.29, 1.82) is 0 Å². The Balaban J connectivity index is 1.90. The molecule has 2 aliphatic rings. The molecule has 3 rings (SSSR count). The van der Waals surface area contributed by atoms with Crippen molar-refractivity contribution < 1.29 is 5.11 Å². The molecule has 0 aromatic heterocycles. The first-order valence-electron chi connectivity index (χ1n) is 8.70. The van der Waals surface area contributed by atoms with Crippen molar-refractivity contribution in [2.45, 2.75) is 63.0 Å². The third-order valence-electron chi connectivity index (χ3n) is 5.62. The molecule has 0 unspecified atom stereocenters. The van der Waals surface area contributed by atoms with E-state index in [1.54, 1.807) is 0 Å². The molecule has 1 heterocycles. The van der Waals surface area contributed by atoms with Gasteiger partial charge in [0.25, 0.3) is 0 Å². The second-order valence-electron chi connectivity index (χ2n) is 7.02. The van der Waals surface area contributed by atoms with Gasteiger partial charge in [0.05, 0.1) is 6.10 Å². The van der Waals surface area contributed by atoms with Crippen LogP contribution in [0.3, 0.4) is 0 Å². The van der Waals surface area contributed by atoms with Gasteiger partial charge in [0.2, 0.25) is 0 Å². The van der Waals surface area contributed by atoms with Crippen LogP contribution in [0.2, 0.25) is 0 Å². The van der Waals surface area contributed by atoms with Crippen LogP contribution in [0.25, 0.3) is 0 Å². The average Bonchev–Trinajstić information content (AvgIpc) is 2.53. The number of likely N-dealkylation sites (tertiary alicyclic amines) is 1. The summed E-state index contributed by atoms with van der Waals surface area (Å²) in [6.07, 6.45) is 8.69. The molecule has 1 aliphatic carbocycles. The lowest BCUT2D eigenvalue weighted by atomic mass is 9.70. The van der Waals surface area contributed by atoms with Gasteiger partial charge in [-0.15, -0.1) is 0 Å². The zero-order valence-electron chi connectivity index (χ0n) is 13.2. The molecule has 1 saturated heterocycles. The molecule has 0 bridgehead atoms. The topological polar surface area (TPSA) is 23.5 Å². The van der Waals surface area contributed by atoms with Crippen LogP contribution >= 0.6 is 0 Å². The summed E-state index contributed by atoms with van der Waals surface area (Å²) in [6.45, 7) is 1.12. The molecule has 21 heavy (non-hydrogen) atoms. The predicted molar refractivity (Wildman–Crippen MR) is 87.4 cm³/mol. The summed E-state index contributed by atoms with van der Waals surface area (Å²) < 4.78 is 0. The van der Waals surface area contributed by atoms with Crippen molar-refractivity contribution in [3.05, 3.63) is 35.9 Å². The fourth-order valence-corrected chi connectivity index (χ4v) is 4.59. The lowest BCUT2D eigenvalue weighted by Crippen LogP contribution is -2.51. The largest absolute Gasteiger partial charge is 0.391 e. The Morgan fingerprint density at radius 3 is 2.38 bits per heavy atom. The van der Waals surface area contributed by atoms with Gasteiger partial charge >= 0.3 is 0 Å². The smallest absolute Gasteiger partial charge is 0.0701 e. The van der Waals surface area contributed by atoms with E-state index in [2.05, 4.69) is 42.3 Å². The molecule has 1 saturated carbocycles. The van der Waals surface area contributed by atoms with Crippen LogP contribution in [0.15, 0.2) is 30.3 Å². The maximum Gasteiger partial charge on any atom is 0.0701 e. The Morgan fingerprint density at radius 1 is 1.00 bits per heavy atom. The second kappa shape index (κ2) is 6.93. The van der Waals surface area contributed by atoms with E-state index in [0.717, 1.165) is 25.3 Å². The van der Waals surface area contributed by atoms with E-state index in [1.165, 1.54) is 37.7 Å². The Hall–Kier alpha value is -0.860. The molecule has 116 valence electrons. The summed E-state index contributed by atoms with van der Waals surface area (Å²) in [5, 5.41) is 10.7. The fraction of sp³-hybridized carbons (Fsp3) is 0.684. The van der Waals surface area contributed by atoms with Crippen molar-refractivity contribution in [3.8, 4) is 0 Å². The third-order valence-corrected chi connectivity index (χ3v) is 5.62. The number of rotatable bonds is 3. The highest BCUT2D eigenvalue weighted by Crippen LogP contribution is 2.42. The van der Waals surface area contributed by atoms with Crippen LogP contribution in [-0.2, 0) is 0 Å². The van der Waals surface area contributed by atoms with Crippen molar-refractivity contribution in [3.63, 3.8) is 0 Å². The molecule has 1 aromatic rings. The molecule has 0 radical (unpaired) electrons. The highest BCUT2D eigenvalue weighted by atomic mass is 16.3. The molecule has 0 spiro atoms. The maximum absolute atomic E-state index is 10.7. The summed E-state index contributed by atoms with van der Waals surface area (Å²) in [5.41, 5.74) is 1.43. The van der Waals surface area contributed by atoms with Gasteiger partial charge in [-0.3, -0.25) is 0 Å². The van der Waals surface area contributed by atoms with E-state index in [0.29, 0.717) is 12.0 Å². The minimum absolute atomic E-state index is 0.170. The van der Waals surface area contributed by atoms with Crippen LogP contribution in [0.5, 0.6) is 0 Å². The quantitative estimate of drug-likeness (QED) is 0.914. The zero-order valence-corrected chi connectivity index (χ0v) is 13.2. The van der Waals surface area contributed by atoms with Crippen LogP contribution < -0.4 is 0 Å². The summed E-state index contributed by atoms with van der Waals surface area (Å²) >= 11 is 0. The van der Waals surface area contributed by atoms with Gasteiger partial charge in [-0.1, -0.05) is 49.6 Å². The lowest BCUT2D eigenvalue weighted by Gasteiger charge is -2.45. The fourth-order valence-electron chi connectivity index (χ4n) is 4.59. The monoisotopic (exact) mass is 287 g/mol. The molecular formula is C19H29NO. The van der Waals surface area contributed by atoms with E-state index >= 15 is 0 Å². The van der Waals surface area contributed by atoms with Crippen LogP contribution in [-0.4, -0.2) is 35.7 Å². The van der Waals surface area contributed by atoms with Gasteiger partial charge < -0.3 is 10.0 Å². The number of piperidine rings is 1.